The molecule has 0 aliphatic carbocycles. The Kier molecular flexibility index (Phi) is 3.05. The Bertz CT molecular complexity index is 728. The van der Waals surface area contributed by atoms with Crippen LogP contribution in [0.3, 0.4) is 0 Å². The molecular formula is C16H17N5. The zero-order valence-electron chi connectivity index (χ0n) is 11.7. The minimum Gasteiger partial charge on any atom is -0.348 e. The number of nitrogens with zero attached hydrogens (tertiary/aromatic N) is 3. The van der Waals surface area contributed by atoms with Crippen LogP contribution >= 0.6 is 0 Å². The third-order valence-electron chi connectivity index (χ3n) is 3.92. The van der Waals surface area contributed by atoms with Crippen LogP contribution in [0, 0.1) is 0 Å². The van der Waals surface area contributed by atoms with Crippen molar-refractivity contribution in [2.45, 2.75) is 19.0 Å². The van der Waals surface area contributed by atoms with E-state index in [0.29, 0.717) is 0 Å². The number of nitrogens with one attached hydrogen (secondary N) is 2. The topological polar surface area (TPSA) is 58.5 Å². The zero-order valence-corrected chi connectivity index (χ0v) is 11.7. The molecule has 5 nitrogen and oxygen atoms in total. The molecule has 0 radical (unpaired) electrons. The van der Waals surface area contributed by atoms with E-state index >= 15 is 0 Å². The van der Waals surface area contributed by atoms with E-state index in [2.05, 4.69) is 50.8 Å². The lowest BCUT2D eigenvalue weighted by atomic mass is 10.0. The molecule has 0 bridgehead atoms. The fourth-order valence-electron chi connectivity index (χ4n) is 2.88. The third kappa shape index (κ3) is 2.36. The van der Waals surface area contributed by atoms with Crippen molar-refractivity contribution in [2.75, 3.05) is 6.54 Å². The Morgan fingerprint density at radius 3 is 3.05 bits per heavy atom. The van der Waals surface area contributed by atoms with Crippen LogP contribution < -0.4 is 5.32 Å². The van der Waals surface area contributed by atoms with E-state index in [1.165, 1.54) is 16.8 Å². The molecule has 3 heterocycles. The minimum absolute atomic E-state index is 0.143. The van der Waals surface area contributed by atoms with Crippen molar-refractivity contribution in [3.63, 3.8) is 0 Å². The third-order valence-corrected chi connectivity index (χ3v) is 3.92. The highest BCUT2D eigenvalue weighted by Crippen LogP contribution is 2.25. The summed E-state index contributed by atoms with van der Waals surface area (Å²) in [6, 6.07) is 10.5. The van der Waals surface area contributed by atoms with Crippen molar-refractivity contribution < 1.29 is 0 Å². The molecule has 0 fully saturated rings. The van der Waals surface area contributed by atoms with E-state index in [9.17, 15) is 0 Å². The highest BCUT2D eigenvalue weighted by atomic mass is 15.3. The van der Waals surface area contributed by atoms with Crippen LogP contribution in [0.15, 0.2) is 49.1 Å². The van der Waals surface area contributed by atoms with Crippen molar-refractivity contribution >= 4 is 0 Å². The van der Waals surface area contributed by atoms with Crippen LogP contribution in [0.2, 0.25) is 0 Å². The molecule has 1 aromatic carbocycles. The first-order valence-electron chi connectivity index (χ1n) is 7.22. The highest BCUT2D eigenvalue weighted by Gasteiger charge is 2.24. The molecule has 5 heteroatoms. The standard InChI is InChI=1S/C16H17N5/c1-2-4-12(5-3-1)9-21-10-13(8-20-21)15-16-14(6-7-17-15)18-11-19-16/h1-5,8,10-11,15,17H,6-7,9H2,(H,18,19). The number of hydrogen-bond acceptors (Lipinski definition) is 3. The maximum absolute atomic E-state index is 4.48. The van der Waals surface area contributed by atoms with Crippen molar-refractivity contribution in [1.29, 1.82) is 0 Å². The summed E-state index contributed by atoms with van der Waals surface area (Å²) in [5.74, 6) is 0. The summed E-state index contributed by atoms with van der Waals surface area (Å²) in [7, 11) is 0. The van der Waals surface area contributed by atoms with Gasteiger partial charge in [0, 0.05) is 30.4 Å². The Morgan fingerprint density at radius 2 is 2.14 bits per heavy atom. The summed E-state index contributed by atoms with van der Waals surface area (Å²) in [6.07, 6.45) is 6.82. The van der Waals surface area contributed by atoms with Gasteiger partial charge in [-0.1, -0.05) is 30.3 Å². The van der Waals surface area contributed by atoms with Gasteiger partial charge in [-0.2, -0.15) is 5.10 Å². The molecule has 1 unspecified atom stereocenters. The monoisotopic (exact) mass is 279 g/mol. The van der Waals surface area contributed by atoms with Gasteiger partial charge in [0.15, 0.2) is 0 Å². The first-order valence-corrected chi connectivity index (χ1v) is 7.22. The average molecular weight is 279 g/mol. The summed E-state index contributed by atoms with van der Waals surface area (Å²) in [5.41, 5.74) is 4.75. The van der Waals surface area contributed by atoms with Gasteiger partial charge in [0.2, 0.25) is 0 Å². The Morgan fingerprint density at radius 1 is 1.24 bits per heavy atom. The Labute approximate surface area is 123 Å². The maximum Gasteiger partial charge on any atom is 0.0926 e. The van der Waals surface area contributed by atoms with Gasteiger partial charge in [0.1, 0.15) is 0 Å². The molecule has 3 aromatic rings. The first-order chi connectivity index (χ1) is 10.4. The van der Waals surface area contributed by atoms with Gasteiger partial charge in [-0.05, 0) is 5.56 Å². The fourth-order valence-corrected chi connectivity index (χ4v) is 2.88. The van der Waals surface area contributed by atoms with Gasteiger partial charge in [0.05, 0.1) is 30.8 Å². The van der Waals surface area contributed by atoms with Gasteiger partial charge in [-0.25, -0.2) is 4.98 Å². The van der Waals surface area contributed by atoms with Crippen molar-refractivity contribution in [2.24, 2.45) is 0 Å². The second-order valence-electron chi connectivity index (χ2n) is 5.36. The van der Waals surface area contributed by atoms with Crippen molar-refractivity contribution in [3.05, 3.63) is 71.6 Å². The molecule has 0 saturated heterocycles. The van der Waals surface area contributed by atoms with Crippen LogP contribution in [0.4, 0.5) is 0 Å². The molecule has 1 atom stereocenters. The lowest BCUT2D eigenvalue weighted by Crippen LogP contribution is -2.30. The molecule has 4 rings (SSSR count). The van der Waals surface area contributed by atoms with Crippen LogP contribution in [0.1, 0.15) is 28.6 Å². The second-order valence-corrected chi connectivity index (χ2v) is 5.36. The van der Waals surface area contributed by atoms with E-state index in [1.54, 1.807) is 6.33 Å². The smallest absolute Gasteiger partial charge is 0.0926 e. The maximum atomic E-state index is 4.48. The largest absolute Gasteiger partial charge is 0.348 e. The molecule has 2 aromatic heterocycles. The van der Waals surface area contributed by atoms with E-state index in [4.69, 9.17) is 0 Å². The number of benzene rings is 1. The number of hydrogen-bond donors (Lipinski definition) is 2. The highest BCUT2D eigenvalue weighted by molar-refractivity contribution is 5.29. The predicted molar refractivity (Wildman–Crippen MR) is 79.9 cm³/mol. The molecule has 1 aliphatic heterocycles. The van der Waals surface area contributed by atoms with Crippen molar-refractivity contribution in [1.82, 2.24) is 25.1 Å². The molecule has 0 amide bonds. The van der Waals surface area contributed by atoms with Gasteiger partial charge in [-0.3, -0.25) is 4.68 Å². The van der Waals surface area contributed by atoms with Gasteiger partial charge >= 0.3 is 0 Å². The molecule has 1 aliphatic rings. The lowest BCUT2D eigenvalue weighted by Gasteiger charge is -2.21. The number of fused-ring (bicyclic) bond motifs is 1. The number of aromatic amines is 1. The molecular weight excluding hydrogens is 262 g/mol. The van der Waals surface area contributed by atoms with E-state index in [1.807, 2.05) is 16.9 Å². The summed E-state index contributed by atoms with van der Waals surface area (Å²) in [5, 5.41) is 8.00. The van der Waals surface area contributed by atoms with E-state index < -0.39 is 0 Å². The van der Waals surface area contributed by atoms with Gasteiger partial charge < -0.3 is 10.3 Å². The molecule has 0 saturated carbocycles. The summed E-state index contributed by atoms with van der Waals surface area (Å²) in [6.45, 7) is 1.75. The molecule has 0 spiro atoms. The summed E-state index contributed by atoms with van der Waals surface area (Å²) in [4.78, 5) is 7.68. The van der Waals surface area contributed by atoms with Crippen LogP contribution in [-0.4, -0.2) is 26.3 Å². The van der Waals surface area contributed by atoms with Crippen LogP contribution in [-0.2, 0) is 13.0 Å². The lowest BCUT2D eigenvalue weighted by molar-refractivity contribution is 0.552. The number of rotatable bonds is 3. The first kappa shape index (κ1) is 12.3. The number of H-pyrrole nitrogens is 1. The summed E-state index contributed by atoms with van der Waals surface area (Å²) >= 11 is 0. The quantitative estimate of drug-likeness (QED) is 0.769. The normalized spacial score (nSPS) is 17.6. The van der Waals surface area contributed by atoms with Crippen molar-refractivity contribution in [3.8, 4) is 0 Å². The van der Waals surface area contributed by atoms with E-state index in [0.717, 1.165) is 25.2 Å². The van der Waals surface area contributed by atoms with Gasteiger partial charge in [0.25, 0.3) is 0 Å². The van der Waals surface area contributed by atoms with E-state index in [-0.39, 0.29) is 6.04 Å². The number of imidazole rings is 1. The molecule has 106 valence electrons. The SMILES string of the molecule is c1ccc(Cn2cc(C3NCCc4[nH]cnc43)cn2)cc1. The average Bonchev–Trinajstić information content (AvgIpc) is 3.16. The van der Waals surface area contributed by atoms with Gasteiger partial charge in [-0.15, -0.1) is 0 Å². The Hall–Kier alpha value is -2.40. The predicted octanol–water partition coefficient (Wildman–Crippen LogP) is 1.89. The minimum atomic E-state index is 0.143. The fraction of sp³-hybridized carbons (Fsp3) is 0.250. The number of aromatic nitrogens is 4. The zero-order chi connectivity index (χ0) is 14.1. The van der Waals surface area contributed by atoms with Crippen LogP contribution in [0.25, 0.3) is 0 Å². The summed E-state index contributed by atoms with van der Waals surface area (Å²) < 4.78 is 1.98. The molecule has 21 heavy (non-hydrogen) atoms. The van der Waals surface area contributed by atoms with Crippen LogP contribution in [0.5, 0.6) is 0 Å². The second kappa shape index (κ2) is 5.18. The Balaban J connectivity index is 1.58. The molecule has 2 N–H and O–H groups in total.